The molecule has 8 nitrogen and oxygen atoms in total. The third-order valence-electron chi connectivity index (χ3n) is 3.54. The van der Waals surface area contributed by atoms with E-state index in [9.17, 15) is 18.0 Å². The SMILES string of the molecule is COC(=O)c1ccc(COc2ccc(/C=N\n3c(C(F)(F)F)n[nH]c3=S)cc2)o1. The first kappa shape index (κ1) is 20.3. The third kappa shape index (κ3) is 4.90. The van der Waals surface area contributed by atoms with Crippen molar-refractivity contribution in [1.82, 2.24) is 14.9 Å². The first-order valence-corrected chi connectivity index (χ1v) is 8.37. The number of hydrogen-bond acceptors (Lipinski definition) is 7. The third-order valence-corrected chi connectivity index (χ3v) is 3.80. The van der Waals surface area contributed by atoms with Gasteiger partial charge in [0.25, 0.3) is 5.82 Å². The predicted octanol–water partition coefficient (Wildman–Crippen LogP) is 3.80. The molecule has 0 unspecified atom stereocenters. The van der Waals surface area contributed by atoms with Crippen molar-refractivity contribution in [2.45, 2.75) is 12.8 Å². The molecule has 0 fully saturated rings. The van der Waals surface area contributed by atoms with Gasteiger partial charge < -0.3 is 13.9 Å². The van der Waals surface area contributed by atoms with Gasteiger partial charge in [-0.25, -0.2) is 9.89 Å². The van der Waals surface area contributed by atoms with Crippen LogP contribution < -0.4 is 4.74 Å². The molecule has 12 heteroatoms. The number of ether oxygens (including phenoxy) is 2. The van der Waals surface area contributed by atoms with Gasteiger partial charge in [-0.2, -0.15) is 22.9 Å². The van der Waals surface area contributed by atoms with E-state index in [0.29, 0.717) is 21.7 Å². The van der Waals surface area contributed by atoms with E-state index < -0.39 is 18.0 Å². The van der Waals surface area contributed by atoms with E-state index in [2.05, 4.69) is 20.0 Å². The zero-order chi connectivity index (χ0) is 21.0. The number of nitrogens with zero attached hydrogens (tertiary/aromatic N) is 3. The smallest absolute Gasteiger partial charge is 0.453 e. The molecule has 2 heterocycles. The number of H-pyrrole nitrogens is 1. The molecular formula is C17H13F3N4O4S. The van der Waals surface area contributed by atoms with Gasteiger partial charge >= 0.3 is 12.1 Å². The van der Waals surface area contributed by atoms with Gasteiger partial charge in [0.15, 0.2) is 0 Å². The standard InChI is InChI=1S/C17H13F3N4O4S/c1-26-14(25)13-7-6-12(28-13)9-27-11-4-2-10(3-5-11)8-21-24-15(17(18,19)20)22-23-16(24)29/h2-8H,9H2,1H3,(H,23,29)/b21-8-. The number of carbonyl (C=O) groups is 1. The highest BCUT2D eigenvalue weighted by Gasteiger charge is 2.37. The lowest BCUT2D eigenvalue weighted by Crippen LogP contribution is -2.12. The Labute approximate surface area is 166 Å². The van der Waals surface area contributed by atoms with Crippen molar-refractivity contribution < 1.29 is 31.9 Å². The van der Waals surface area contributed by atoms with E-state index in [-0.39, 0.29) is 17.1 Å². The highest BCUT2D eigenvalue weighted by atomic mass is 32.1. The number of esters is 1. The topological polar surface area (TPSA) is 94.6 Å². The van der Waals surface area contributed by atoms with E-state index in [1.165, 1.54) is 19.4 Å². The summed E-state index contributed by atoms with van der Waals surface area (Å²) in [6, 6.07) is 9.45. The van der Waals surface area contributed by atoms with Crippen LogP contribution in [-0.2, 0) is 17.5 Å². The molecular weight excluding hydrogens is 413 g/mol. The second-order valence-corrected chi connectivity index (χ2v) is 5.91. The van der Waals surface area contributed by atoms with Crippen molar-refractivity contribution in [3.8, 4) is 5.75 Å². The summed E-state index contributed by atoms with van der Waals surface area (Å²) in [5.74, 6) is -0.873. The largest absolute Gasteiger partial charge is 0.486 e. The lowest BCUT2D eigenvalue weighted by Gasteiger charge is -2.05. The molecule has 0 amide bonds. The van der Waals surface area contributed by atoms with Gasteiger partial charge in [0.2, 0.25) is 10.5 Å². The fourth-order valence-electron chi connectivity index (χ4n) is 2.18. The van der Waals surface area contributed by atoms with Crippen LogP contribution in [0.15, 0.2) is 45.9 Å². The number of nitrogens with one attached hydrogen (secondary N) is 1. The highest BCUT2D eigenvalue weighted by molar-refractivity contribution is 7.71. The average Bonchev–Trinajstić information content (AvgIpc) is 3.31. The Morgan fingerprint density at radius 3 is 2.69 bits per heavy atom. The van der Waals surface area contributed by atoms with E-state index >= 15 is 0 Å². The molecule has 3 rings (SSSR count). The monoisotopic (exact) mass is 426 g/mol. The zero-order valence-electron chi connectivity index (χ0n) is 14.8. The minimum atomic E-state index is -4.69. The Balaban J connectivity index is 1.64. The quantitative estimate of drug-likeness (QED) is 0.366. The highest BCUT2D eigenvalue weighted by Crippen LogP contribution is 2.27. The first-order chi connectivity index (χ1) is 13.8. The summed E-state index contributed by atoms with van der Waals surface area (Å²) in [5, 5.41) is 8.92. The number of alkyl halides is 3. The maximum Gasteiger partial charge on any atom is 0.453 e. The van der Waals surface area contributed by atoms with E-state index in [1.54, 1.807) is 30.3 Å². The summed E-state index contributed by atoms with van der Waals surface area (Å²) < 4.78 is 54.1. The van der Waals surface area contributed by atoms with Crippen molar-refractivity contribution >= 4 is 24.4 Å². The molecule has 3 aromatic rings. The van der Waals surface area contributed by atoms with Crippen LogP contribution in [0.1, 0.15) is 27.7 Å². The predicted molar refractivity (Wildman–Crippen MR) is 96.2 cm³/mol. The summed E-state index contributed by atoms with van der Waals surface area (Å²) in [4.78, 5) is 11.3. The average molecular weight is 426 g/mol. The van der Waals surface area contributed by atoms with Crippen molar-refractivity contribution in [1.29, 1.82) is 0 Å². The minimum Gasteiger partial charge on any atom is -0.486 e. The van der Waals surface area contributed by atoms with E-state index in [1.807, 2.05) is 0 Å². The molecule has 29 heavy (non-hydrogen) atoms. The molecule has 0 aliphatic rings. The molecule has 1 N–H and O–H groups in total. The maximum atomic E-state index is 12.9. The molecule has 2 aromatic heterocycles. The van der Waals surface area contributed by atoms with Gasteiger partial charge in [-0.1, -0.05) is 0 Å². The molecule has 0 spiro atoms. The lowest BCUT2D eigenvalue weighted by molar-refractivity contribution is -0.147. The fraction of sp³-hybridized carbons (Fsp3) is 0.176. The molecule has 1 aromatic carbocycles. The number of benzene rings is 1. The normalized spacial score (nSPS) is 11.7. The number of aromatic amines is 1. The second kappa shape index (κ2) is 8.31. The van der Waals surface area contributed by atoms with Gasteiger partial charge in [0.1, 0.15) is 18.1 Å². The van der Waals surface area contributed by atoms with Crippen LogP contribution >= 0.6 is 12.2 Å². The van der Waals surface area contributed by atoms with Gasteiger partial charge in [0, 0.05) is 0 Å². The summed E-state index contributed by atoms with van der Waals surface area (Å²) in [5.41, 5.74) is 0.513. The van der Waals surface area contributed by atoms with E-state index in [4.69, 9.17) is 21.4 Å². The number of halogens is 3. The van der Waals surface area contributed by atoms with Crippen molar-refractivity contribution in [3.05, 3.63) is 64.1 Å². The Bertz CT molecular complexity index is 1080. The number of carbonyl (C=O) groups excluding carboxylic acids is 1. The molecule has 0 saturated heterocycles. The van der Waals surface area contributed by atoms with Crippen LogP contribution in [0.5, 0.6) is 5.75 Å². The summed E-state index contributed by atoms with van der Waals surface area (Å²) in [7, 11) is 1.25. The van der Waals surface area contributed by atoms with Crippen LogP contribution in [0, 0.1) is 4.77 Å². The van der Waals surface area contributed by atoms with Crippen LogP contribution in [-0.4, -0.2) is 34.2 Å². The van der Waals surface area contributed by atoms with Crippen LogP contribution in [0.4, 0.5) is 13.2 Å². The van der Waals surface area contributed by atoms with Gasteiger partial charge in [-0.15, -0.1) is 5.10 Å². The van der Waals surface area contributed by atoms with Crippen LogP contribution in [0.3, 0.4) is 0 Å². The molecule has 0 bridgehead atoms. The summed E-state index contributed by atoms with van der Waals surface area (Å²) in [6.07, 6.45) is -3.48. The van der Waals surface area contributed by atoms with Gasteiger partial charge in [-0.3, -0.25) is 0 Å². The second-order valence-electron chi connectivity index (χ2n) is 5.52. The Hall–Kier alpha value is -3.41. The Kier molecular flexibility index (Phi) is 5.82. The van der Waals surface area contributed by atoms with Crippen molar-refractivity contribution in [2.75, 3.05) is 7.11 Å². The fourth-order valence-corrected chi connectivity index (χ4v) is 2.36. The van der Waals surface area contributed by atoms with Crippen molar-refractivity contribution in [3.63, 3.8) is 0 Å². The molecule has 0 radical (unpaired) electrons. The van der Waals surface area contributed by atoms with E-state index in [0.717, 1.165) is 0 Å². The van der Waals surface area contributed by atoms with Gasteiger partial charge in [0.05, 0.1) is 13.3 Å². The molecule has 0 aliphatic heterocycles. The number of aromatic nitrogens is 3. The Morgan fingerprint density at radius 1 is 1.31 bits per heavy atom. The Morgan fingerprint density at radius 2 is 2.03 bits per heavy atom. The number of hydrogen-bond donors (Lipinski definition) is 1. The van der Waals surface area contributed by atoms with Gasteiger partial charge in [-0.05, 0) is 54.2 Å². The molecule has 0 atom stereocenters. The lowest BCUT2D eigenvalue weighted by atomic mass is 10.2. The minimum absolute atomic E-state index is 0.0637. The van der Waals surface area contributed by atoms with Crippen molar-refractivity contribution in [2.24, 2.45) is 5.10 Å². The number of furan rings is 1. The maximum absolute atomic E-state index is 12.9. The molecule has 0 saturated carbocycles. The first-order valence-electron chi connectivity index (χ1n) is 7.97. The zero-order valence-corrected chi connectivity index (χ0v) is 15.6. The molecule has 152 valence electrons. The number of rotatable bonds is 6. The van der Waals surface area contributed by atoms with Crippen LogP contribution in [0.25, 0.3) is 0 Å². The summed E-state index contributed by atoms with van der Waals surface area (Å²) >= 11 is 4.76. The molecule has 0 aliphatic carbocycles. The number of methoxy groups -OCH3 is 1. The van der Waals surface area contributed by atoms with Crippen LogP contribution in [0.2, 0.25) is 0 Å². The summed E-state index contributed by atoms with van der Waals surface area (Å²) in [6.45, 7) is 0.0730.